The van der Waals surface area contributed by atoms with Gasteiger partial charge >= 0.3 is 0 Å². The molecule has 0 radical (unpaired) electrons. The number of hydrogen-bond donors (Lipinski definition) is 1. The van der Waals surface area contributed by atoms with Crippen molar-refractivity contribution in [1.82, 2.24) is 9.62 Å². The largest absolute Gasteiger partial charge is 0.497 e. The first kappa shape index (κ1) is 32.3. The summed E-state index contributed by atoms with van der Waals surface area (Å²) >= 11 is 6.56. The number of carbonyl (C=O) groups is 3. The second-order valence-corrected chi connectivity index (χ2v) is 13.6. The van der Waals surface area contributed by atoms with Crippen molar-refractivity contribution < 1.29 is 46.2 Å². The van der Waals surface area contributed by atoms with Crippen molar-refractivity contribution in [3.05, 3.63) is 57.8 Å². The molecule has 5 rings (SSSR count). The van der Waals surface area contributed by atoms with E-state index < -0.39 is 39.0 Å². The van der Waals surface area contributed by atoms with Gasteiger partial charge in [-0.1, -0.05) is 18.5 Å². The smallest absolute Gasteiger partial charge is 0.237 e. The lowest BCUT2D eigenvalue weighted by molar-refractivity contribution is -0.120. The van der Waals surface area contributed by atoms with Crippen LogP contribution in [0.5, 0.6) is 23.0 Å². The summed E-state index contributed by atoms with van der Waals surface area (Å²) in [5.41, 5.74) is -1.13. The Morgan fingerprint density at radius 3 is 2.29 bits per heavy atom. The first-order chi connectivity index (χ1) is 21.3. The van der Waals surface area contributed by atoms with E-state index >= 15 is 0 Å². The Labute approximate surface area is 265 Å². The van der Waals surface area contributed by atoms with Crippen LogP contribution in [0.15, 0.2) is 34.7 Å². The number of methoxy groups -OCH3 is 3. The normalized spacial score (nSPS) is 18.9. The number of fused-ring (bicyclic) bond motifs is 2. The number of sulfonamides is 1. The summed E-state index contributed by atoms with van der Waals surface area (Å²) in [6, 6.07) is 8.32. The van der Waals surface area contributed by atoms with Gasteiger partial charge in [-0.25, -0.2) is 12.7 Å². The van der Waals surface area contributed by atoms with Crippen LogP contribution in [0.4, 0.5) is 0 Å². The first-order valence-corrected chi connectivity index (χ1v) is 16.0. The number of furan rings is 1. The predicted molar refractivity (Wildman–Crippen MR) is 164 cm³/mol. The number of amides is 1. The minimum absolute atomic E-state index is 0.0164. The zero-order valence-corrected chi connectivity index (χ0v) is 27.2. The third-order valence-electron chi connectivity index (χ3n) is 8.18. The van der Waals surface area contributed by atoms with Crippen molar-refractivity contribution in [1.29, 1.82) is 0 Å². The second-order valence-electron chi connectivity index (χ2n) is 11.0. The van der Waals surface area contributed by atoms with Gasteiger partial charge < -0.3 is 28.7 Å². The Bertz CT molecular complexity index is 1800. The minimum atomic E-state index is -3.55. The molecule has 1 aliphatic carbocycles. The van der Waals surface area contributed by atoms with Crippen LogP contribution >= 0.6 is 11.6 Å². The fourth-order valence-electron chi connectivity index (χ4n) is 5.70. The maximum absolute atomic E-state index is 14.6. The molecule has 2 unspecified atom stereocenters. The fourth-order valence-corrected chi connectivity index (χ4v) is 6.69. The lowest BCUT2D eigenvalue weighted by Crippen LogP contribution is -2.56. The third kappa shape index (κ3) is 5.32. The van der Waals surface area contributed by atoms with E-state index in [4.69, 9.17) is 35.0 Å². The maximum Gasteiger partial charge on any atom is 0.237 e. The van der Waals surface area contributed by atoms with Crippen LogP contribution in [0, 0.1) is 5.92 Å². The van der Waals surface area contributed by atoms with E-state index in [1.54, 1.807) is 31.2 Å². The van der Waals surface area contributed by atoms with E-state index in [1.807, 2.05) is 0 Å². The van der Waals surface area contributed by atoms with Crippen LogP contribution in [0.3, 0.4) is 0 Å². The topological polar surface area (TPSA) is 151 Å². The molecule has 45 heavy (non-hydrogen) atoms. The molecule has 1 spiro atoms. The molecule has 14 heteroatoms. The molecule has 0 fully saturated rings. The molecule has 2 heterocycles. The molecule has 2 aliphatic rings. The lowest BCUT2D eigenvalue weighted by Gasteiger charge is -2.35. The molecule has 1 N–H and O–H groups in total. The van der Waals surface area contributed by atoms with E-state index in [0.717, 1.165) is 4.31 Å². The van der Waals surface area contributed by atoms with Crippen molar-refractivity contribution in [2.45, 2.75) is 25.4 Å². The van der Waals surface area contributed by atoms with Gasteiger partial charge in [-0.2, -0.15) is 0 Å². The number of benzene rings is 2. The summed E-state index contributed by atoms with van der Waals surface area (Å²) in [4.78, 5) is 42.0. The van der Waals surface area contributed by atoms with E-state index in [1.165, 1.54) is 41.5 Å². The van der Waals surface area contributed by atoms with Crippen molar-refractivity contribution in [3.63, 3.8) is 0 Å². The van der Waals surface area contributed by atoms with Gasteiger partial charge in [0.2, 0.25) is 33.1 Å². The summed E-state index contributed by atoms with van der Waals surface area (Å²) < 4.78 is 54.0. The highest BCUT2D eigenvalue weighted by Gasteiger charge is 2.63. The molecule has 3 aromatic rings. The van der Waals surface area contributed by atoms with Gasteiger partial charge in [-0.15, -0.1) is 0 Å². The van der Waals surface area contributed by atoms with Crippen LogP contribution in [-0.2, 0) is 27.7 Å². The van der Waals surface area contributed by atoms with Crippen molar-refractivity contribution >= 4 is 39.1 Å². The Hall–Kier alpha value is -4.07. The molecule has 1 amide bonds. The monoisotopic (exact) mass is 660 g/mol. The van der Waals surface area contributed by atoms with Gasteiger partial charge in [0.25, 0.3) is 0 Å². The highest BCUT2D eigenvalue weighted by atomic mass is 35.5. The van der Waals surface area contributed by atoms with Crippen molar-refractivity contribution in [2.75, 3.05) is 47.7 Å². The molecule has 2 aromatic carbocycles. The van der Waals surface area contributed by atoms with E-state index in [2.05, 4.69) is 5.32 Å². The van der Waals surface area contributed by atoms with Crippen LogP contribution in [0.2, 0.25) is 5.02 Å². The number of nitrogens with one attached hydrogen (secondary N) is 1. The second kappa shape index (κ2) is 12.0. The molecular weight excluding hydrogens is 628 g/mol. The molecule has 1 aromatic heterocycles. The summed E-state index contributed by atoms with van der Waals surface area (Å²) in [5, 5.41) is 2.63. The quantitative estimate of drug-likeness (QED) is 0.320. The van der Waals surface area contributed by atoms with Crippen LogP contribution in [0.25, 0.3) is 11.3 Å². The summed E-state index contributed by atoms with van der Waals surface area (Å²) in [7, 11) is 3.56. The van der Waals surface area contributed by atoms with E-state index in [-0.39, 0.29) is 69.9 Å². The van der Waals surface area contributed by atoms with Gasteiger partial charge in [0.15, 0.2) is 5.75 Å². The summed E-state index contributed by atoms with van der Waals surface area (Å²) in [6.45, 7) is 1.55. The number of rotatable bonds is 10. The Morgan fingerprint density at radius 1 is 1.04 bits per heavy atom. The molecule has 1 aliphatic heterocycles. The van der Waals surface area contributed by atoms with Gasteiger partial charge in [-0.3, -0.25) is 14.4 Å². The number of Topliss-reactive ketones (excluding diaryl/α,β-unsaturated/α-hetero) is 2. The molecule has 0 saturated carbocycles. The number of nitrogens with zero attached hydrogens (tertiary/aromatic N) is 1. The van der Waals surface area contributed by atoms with E-state index in [0.29, 0.717) is 17.1 Å². The Morgan fingerprint density at radius 2 is 1.69 bits per heavy atom. The summed E-state index contributed by atoms with van der Waals surface area (Å²) in [5.74, 6) is -1.41. The number of ketones is 2. The average Bonchev–Trinajstić information content (AvgIpc) is 3.52. The zero-order chi connectivity index (χ0) is 32.8. The van der Waals surface area contributed by atoms with Gasteiger partial charge in [-0.05, 0) is 24.3 Å². The van der Waals surface area contributed by atoms with Crippen LogP contribution in [0.1, 0.15) is 39.0 Å². The number of halogens is 1. The van der Waals surface area contributed by atoms with Gasteiger partial charge in [0.1, 0.15) is 39.4 Å². The average molecular weight is 661 g/mol. The Balaban J connectivity index is 1.59. The molecule has 2 atom stereocenters. The van der Waals surface area contributed by atoms with Crippen LogP contribution < -0.4 is 24.3 Å². The molecular formula is C31H33ClN2O10S. The Kier molecular flexibility index (Phi) is 8.64. The summed E-state index contributed by atoms with van der Waals surface area (Å²) in [6.07, 6.45) is -0.207. The zero-order valence-electron chi connectivity index (χ0n) is 25.6. The van der Waals surface area contributed by atoms with Gasteiger partial charge in [0.05, 0.1) is 39.1 Å². The molecule has 0 bridgehead atoms. The first-order valence-electron chi connectivity index (χ1n) is 14.0. The standard InChI is InChI=1S/C31H33ClN2O10S/c1-16-13-21-24(29(36)31(16)30(37)25-20(41-5)15-22(42-6)26(32)28(25)44-31)19(14-23(35)33-11-12-45(38,39)34(2)3)27(43-21)17-7-9-18(40-4)10-8-17/h7-10,15-16H,11-14H2,1-6H3,(H,33,35). The molecule has 240 valence electrons. The van der Waals surface area contributed by atoms with E-state index in [9.17, 15) is 22.8 Å². The van der Waals surface area contributed by atoms with Gasteiger partial charge in [0, 0.05) is 50.2 Å². The lowest BCUT2D eigenvalue weighted by atomic mass is 9.70. The molecule has 12 nitrogen and oxygen atoms in total. The van der Waals surface area contributed by atoms with Crippen molar-refractivity contribution in [3.8, 4) is 34.3 Å². The van der Waals surface area contributed by atoms with Crippen LogP contribution in [-0.4, -0.2) is 83.5 Å². The SMILES string of the molecule is COc1ccc(-c2oc3c(c2CC(=O)NCCS(=O)(=O)N(C)C)C(=O)C2(Oc4c(Cl)c(OC)cc(OC)c4C2=O)C(C)C3)cc1. The minimum Gasteiger partial charge on any atom is -0.497 e. The predicted octanol–water partition coefficient (Wildman–Crippen LogP) is 3.56. The number of carbonyl (C=O) groups excluding carboxylic acids is 3. The molecule has 0 saturated heterocycles. The number of hydrogen-bond acceptors (Lipinski definition) is 10. The fraction of sp³-hybridized carbons (Fsp3) is 0.387. The maximum atomic E-state index is 14.6. The number of ether oxygens (including phenoxy) is 4. The third-order valence-corrected chi connectivity index (χ3v) is 10.4. The highest BCUT2D eigenvalue weighted by molar-refractivity contribution is 7.89. The highest BCUT2D eigenvalue weighted by Crippen LogP contribution is 2.54. The van der Waals surface area contributed by atoms with Crippen molar-refractivity contribution in [2.24, 2.45) is 5.92 Å².